The highest BCUT2D eigenvalue weighted by molar-refractivity contribution is 7.16. The molecule has 1 atom stereocenters. The number of nitrogens with two attached hydrogens (primary N) is 1. The van der Waals surface area contributed by atoms with Crippen LogP contribution in [0.25, 0.3) is 0 Å². The molecular formula is C13H13ClF2N2S. The number of hydrazine groups is 1. The Morgan fingerprint density at radius 3 is 2.63 bits per heavy atom. The molecule has 0 saturated carbocycles. The molecule has 1 aromatic carbocycles. The molecule has 0 aliphatic heterocycles. The Balaban J connectivity index is 2.08. The maximum atomic E-state index is 13.6. The maximum absolute atomic E-state index is 13.6. The van der Waals surface area contributed by atoms with Crippen LogP contribution in [0.4, 0.5) is 8.78 Å². The van der Waals surface area contributed by atoms with E-state index in [0.29, 0.717) is 22.7 Å². The predicted octanol–water partition coefficient (Wildman–Crippen LogP) is 3.30. The van der Waals surface area contributed by atoms with Crippen LogP contribution in [0, 0.1) is 11.6 Å². The molecule has 1 unspecified atom stereocenters. The quantitative estimate of drug-likeness (QED) is 0.657. The topological polar surface area (TPSA) is 38.0 Å². The summed E-state index contributed by atoms with van der Waals surface area (Å²) in [5, 5.41) is 0. The Morgan fingerprint density at radius 2 is 2.00 bits per heavy atom. The van der Waals surface area contributed by atoms with E-state index in [2.05, 4.69) is 5.43 Å². The standard InChI is InChI=1S/C13H13ClF2N2S/c14-12-5-4-10(19-12)7-9(18-17)6-8-2-1-3-11(15)13(8)16/h1-5,9,18H,6-7,17H2. The van der Waals surface area contributed by atoms with Gasteiger partial charge in [-0.2, -0.15) is 0 Å². The lowest BCUT2D eigenvalue weighted by Gasteiger charge is -2.15. The molecule has 0 radical (unpaired) electrons. The summed E-state index contributed by atoms with van der Waals surface area (Å²) in [4.78, 5) is 1.05. The summed E-state index contributed by atoms with van der Waals surface area (Å²) >= 11 is 7.30. The molecule has 2 nitrogen and oxygen atoms in total. The van der Waals surface area contributed by atoms with Gasteiger partial charge < -0.3 is 0 Å². The number of rotatable bonds is 5. The van der Waals surface area contributed by atoms with E-state index >= 15 is 0 Å². The van der Waals surface area contributed by atoms with Gasteiger partial charge in [-0.05, 0) is 36.6 Å². The van der Waals surface area contributed by atoms with Crippen LogP contribution in [0.3, 0.4) is 0 Å². The largest absolute Gasteiger partial charge is 0.271 e. The van der Waals surface area contributed by atoms with Gasteiger partial charge >= 0.3 is 0 Å². The fourth-order valence-corrected chi connectivity index (χ4v) is 3.03. The van der Waals surface area contributed by atoms with Crippen molar-refractivity contribution in [2.45, 2.75) is 18.9 Å². The van der Waals surface area contributed by atoms with Gasteiger partial charge in [-0.3, -0.25) is 11.3 Å². The molecular weight excluding hydrogens is 290 g/mol. The fraction of sp³-hybridized carbons (Fsp3) is 0.231. The lowest BCUT2D eigenvalue weighted by atomic mass is 10.0. The van der Waals surface area contributed by atoms with Crippen molar-refractivity contribution in [3.8, 4) is 0 Å². The fourth-order valence-electron chi connectivity index (χ4n) is 1.87. The second-order valence-corrected chi connectivity index (χ2v) is 5.99. The van der Waals surface area contributed by atoms with Crippen molar-refractivity contribution in [3.05, 3.63) is 56.7 Å². The molecule has 1 aromatic heterocycles. The van der Waals surface area contributed by atoms with Gasteiger partial charge in [0.05, 0.1) is 4.34 Å². The minimum absolute atomic E-state index is 0.175. The van der Waals surface area contributed by atoms with E-state index in [1.165, 1.54) is 17.4 Å². The monoisotopic (exact) mass is 302 g/mol. The molecule has 2 rings (SSSR count). The molecule has 0 aliphatic carbocycles. The summed E-state index contributed by atoms with van der Waals surface area (Å²) in [5.74, 6) is 3.82. The third-order valence-electron chi connectivity index (χ3n) is 2.81. The van der Waals surface area contributed by atoms with Gasteiger partial charge in [-0.15, -0.1) is 11.3 Å². The van der Waals surface area contributed by atoms with Crippen LogP contribution in [0.5, 0.6) is 0 Å². The van der Waals surface area contributed by atoms with Crippen LogP contribution >= 0.6 is 22.9 Å². The van der Waals surface area contributed by atoms with Gasteiger partial charge in [0.1, 0.15) is 0 Å². The Morgan fingerprint density at radius 1 is 1.21 bits per heavy atom. The molecule has 3 N–H and O–H groups in total. The highest BCUT2D eigenvalue weighted by Crippen LogP contribution is 2.23. The molecule has 102 valence electrons. The number of nitrogens with one attached hydrogen (secondary N) is 1. The lowest BCUT2D eigenvalue weighted by molar-refractivity contribution is 0.475. The van der Waals surface area contributed by atoms with Crippen molar-refractivity contribution in [3.63, 3.8) is 0 Å². The molecule has 19 heavy (non-hydrogen) atoms. The van der Waals surface area contributed by atoms with Crippen LogP contribution in [0.15, 0.2) is 30.3 Å². The third kappa shape index (κ3) is 3.73. The second kappa shape index (κ2) is 6.43. The average Bonchev–Trinajstić information content (AvgIpc) is 2.79. The summed E-state index contributed by atoms with van der Waals surface area (Å²) in [6, 6.07) is 7.68. The first-order valence-electron chi connectivity index (χ1n) is 5.73. The first-order chi connectivity index (χ1) is 9.10. The normalized spacial score (nSPS) is 12.6. The van der Waals surface area contributed by atoms with Gasteiger partial charge in [0, 0.05) is 10.9 Å². The second-order valence-electron chi connectivity index (χ2n) is 4.19. The van der Waals surface area contributed by atoms with E-state index in [9.17, 15) is 8.78 Å². The van der Waals surface area contributed by atoms with E-state index in [0.717, 1.165) is 10.9 Å². The number of benzene rings is 1. The number of hydrogen-bond acceptors (Lipinski definition) is 3. The van der Waals surface area contributed by atoms with Crippen molar-refractivity contribution < 1.29 is 8.78 Å². The van der Waals surface area contributed by atoms with Crippen LogP contribution in [-0.2, 0) is 12.8 Å². The first-order valence-corrected chi connectivity index (χ1v) is 6.93. The minimum Gasteiger partial charge on any atom is -0.271 e. The van der Waals surface area contributed by atoms with Crippen LogP contribution in [-0.4, -0.2) is 6.04 Å². The molecule has 0 fully saturated rings. The molecule has 0 bridgehead atoms. The minimum atomic E-state index is -0.840. The van der Waals surface area contributed by atoms with Crippen LogP contribution in [0.2, 0.25) is 4.34 Å². The molecule has 6 heteroatoms. The average molecular weight is 303 g/mol. The summed E-state index contributed by atoms with van der Waals surface area (Å²) in [6.45, 7) is 0. The number of hydrogen-bond donors (Lipinski definition) is 2. The van der Waals surface area contributed by atoms with E-state index in [4.69, 9.17) is 17.4 Å². The molecule has 1 heterocycles. The Kier molecular flexibility index (Phi) is 4.87. The molecule has 0 saturated heterocycles. The zero-order chi connectivity index (χ0) is 13.8. The van der Waals surface area contributed by atoms with E-state index in [1.54, 1.807) is 12.1 Å². The smallest absolute Gasteiger partial charge is 0.162 e. The van der Waals surface area contributed by atoms with Crippen LogP contribution in [0.1, 0.15) is 10.4 Å². The molecule has 0 amide bonds. The molecule has 0 spiro atoms. The highest BCUT2D eigenvalue weighted by Gasteiger charge is 2.15. The van der Waals surface area contributed by atoms with Gasteiger partial charge in [-0.1, -0.05) is 23.7 Å². The first kappa shape index (κ1) is 14.4. The van der Waals surface area contributed by atoms with Crippen LogP contribution < -0.4 is 11.3 Å². The van der Waals surface area contributed by atoms with Gasteiger partial charge in [0.15, 0.2) is 11.6 Å². The summed E-state index contributed by atoms with van der Waals surface area (Å²) in [7, 11) is 0. The van der Waals surface area contributed by atoms with Gasteiger partial charge in [-0.25, -0.2) is 8.78 Å². The third-order valence-corrected chi connectivity index (χ3v) is 4.06. The highest BCUT2D eigenvalue weighted by atomic mass is 35.5. The number of thiophene rings is 1. The van der Waals surface area contributed by atoms with Crippen molar-refractivity contribution in [2.75, 3.05) is 0 Å². The van der Waals surface area contributed by atoms with Gasteiger partial charge in [0.25, 0.3) is 0 Å². The van der Waals surface area contributed by atoms with Crippen molar-refractivity contribution in [1.82, 2.24) is 5.43 Å². The summed E-state index contributed by atoms with van der Waals surface area (Å²) in [5.41, 5.74) is 2.94. The lowest BCUT2D eigenvalue weighted by Crippen LogP contribution is -2.38. The van der Waals surface area contributed by atoms with E-state index in [-0.39, 0.29) is 6.04 Å². The van der Waals surface area contributed by atoms with E-state index in [1.807, 2.05) is 6.07 Å². The Hall–Kier alpha value is -1.01. The van der Waals surface area contributed by atoms with Crippen molar-refractivity contribution in [2.24, 2.45) is 5.84 Å². The Labute approximate surface area is 119 Å². The van der Waals surface area contributed by atoms with Crippen molar-refractivity contribution in [1.29, 1.82) is 0 Å². The zero-order valence-electron chi connectivity index (χ0n) is 10.00. The van der Waals surface area contributed by atoms with Crippen molar-refractivity contribution >= 4 is 22.9 Å². The Bertz CT molecular complexity index is 559. The zero-order valence-corrected chi connectivity index (χ0v) is 11.6. The van der Waals surface area contributed by atoms with E-state index < -0.39 is 11.6 Å². The molecule has 2 aromatic rings. The summed E-state index contributed by atoms with van der Waals surface area (Å²) < 4.78 is 27.4. The predicted molar refractivity (Wildman–Crippen MR) is 74.2 cm³/mol. The number of halogens is 3. The van der Waals surface area contributed by atoms with Gasteiger partial charge in [0.2, 0.25) is 0 Å². The molecule has 0 aliphatic rings. The maximum Gasteiger partial charge on any atom is 0.162 e. The SMILES string of the molecule is NNC(Cc1ccc(Cl)s1)Cc1cccc(F)c1F. The summed E-state index contributed by atoms with van der Waals surface area (Å²) in [6.07, 6.45) is 0.930.